The normalized spacial score (nSPS) is 12.2. The molecular formula is C16H19FN2O3. The van der Waals surface area contributed by atoms with Crippen LogP contribution in [0, 0.1) is 5.82 Å². The van der Waals surface area contributed by atoms with Crippen LogP contribution in [0.4, 0.5) is 4.39 Å². The molecule has 0 saturated carbocycles. The summed E-state index contributed by atoms with van der Waals surface area (Å²) < 4.78 is 18.2. The third kappa shape index (κ3) is 3.17. The van der Waals surface area contributed by atoms with Crippen molar-refractivity contribution in [2.75, 3.05) is 13.6 Å². The fraction of sp³-hybridized carbons (Fsp3) is 0.375. The molecule has 118 valence electrons. The number of amides is 1. The van der Waals surface area contributed by atoms with Gasteiger partial charge in [0, 0.05) is 19.2 Å². The number of rotatable bonds is 5. The minimum atomic E-state index is -0.962. The predicted octanol–water partition coefficient (Wildman–Crippen LogP) is 3.02. The molecule has 1 aromatic carbocycles. The molecule has 0 spiro atoms. The van der Waals surface area contributed by atoms with Crippen molar-refractivity contribution in [3.8, 4) is 11.3 Å². The van der Waals surface area contributed by atoms with Crippen molar-refractivity contribution in [2.24, 2.45) is 0 Å². The SMILES string of the molecule is CCCN(C)C(=O)c1c(-c2ccc(F)cc2)noc1[C@H](C)O. The van der Waals surface area contributed by atoms with Crippen LogP contribution in [0.15, 0.2) is 28.8 Å². The number of hydrogen-bond donors (Lipinski definition) is 1. The third-order valence-corrected chi connectivity index (χ3v) is 3.34. The van der Waals surface area contributed by atoms with Crippen LogP contribution in [0.25, 0.3) is 11.3 Å². The van der Waals surface area contributed by atoms with Gasteiger partial charge in [0.05, 0.1) is 0 Å². The molecule has 1 heterocycles. The average Bonchev–Trinajstić information content (AvgIpc) is 2.92. The van der Waals surface area contributed by atoms with Crippen LogP contribution in [0.5, 0.6) is 0 Å². The molecular weight excluding hydrogens is 287 g/mol. The monoisotopic (exact) mass is 306 g/mol. The minimum absolute atomic E-state index is 0.118. The van der Waals surface area contributed by atoms with Crippen molar-refractivity contribution < 1.29 is 18.8 Å². The summed E-state index contributed by atoms with van der Waals surface area (Å²) >= 11 is 0. The van der Waals surface area contributed by atoms with Gasteiger partial charge in [0.15, 0.2) is 5.76 Å². The topological polar surface area (TPSA) is 66.6 Å². The maximum Gasteiger partial charge on any atom is 0.259 e. The van der Waals surface area contributed by atoms with E-state index in [1.807, 2.05) is 6.92 Å². The van der Waals surface area contributed by atoms with E-state index in [0.29, 0.717) is 17.8 Å². The zero-order chi connectivity index (χ0) is 16.3. The Morgan fingerprint density at radius 1 is 1.41 bits per heavy atom. The first-order chi connectivity index (χ1) is 10.5. The Labute approximate surface area is 128 Å². The minimum Gasteiger partial charge on any atom is -0.385 e. The van der Waals surface area contributed by atoms with Crippen LogP contribution >= 0.6 is 0 Å². The largest absolute Gasteiger partial charge is 0.385 e. The van der Waals surface area contributed by atoms with Gasteiger partial charge in [-0.25, -0.2) is 4.39 Å². The Morgan fingerprint density at radius 3 is 2.59 bits per heavy atom. The van der Waals surface area contributed by atoms with Crippen molar-refractivity contribution >= 4 is 5.91 Å². The number of nitrogens with zero attached hydrogens (tertiary/aromatic N) is 2. The van der Waals surface area contributed by atoms with Crippen LogP contribution in [-0.2, 0) is 0 Å². The van der Waals surface area contributed by atoms with Crippen molar-refractivity contribution in [3.05, 3.63) is 41.4 Å². The molecule has 1 amide bonds. The van der Waals surface area contributed by atoms with Crippen molar-refractivity contribution in [1.29, 1.82) is 0 Å². The highest BCUT2D eigenvalue weighted by Gasteiger charge is 2.28. The molecule has 1 aromatic heterocycles. The zero-order valence-electron chi connectivity index (χ0n) is 12.8. The quantitative estimate of drug-likeness (QED) is 0.922. The van der Waals surface area contributed by atoms with Gasteiger partial charge in [-0.2, -0.15) is 0 Å². The molecule has 0 aliphatic rings. The molecule has 0 fully saturated rings. The van der Waals surface area contributed by atoms with E-state index in [2.05, 4.69) is 5.16 Å². The van der Waals surface area contributed by atoms with Crippen LogP contribution in [-0.4, -0.2) is 34.7 Å². The summed E-state index contributed by atoms with van der Waals surface area (Å²) in [6.07, 6.45) is -0.153. The van der Waals surface area contributed by atoms with Crippen LogP contribution < -0.4 is 0 Å². The number of halogens is 1. The van der Waals surface area contributed by atoms with E-state index >= 15 is 0 Å². The lowest BCUT2D eigenvalue weighted by molar-refractivity contribution is 0.0783. The van der Waals surface area contributed by atoms with E-state index in [0.717, 1.165) is 6.42 Å². The zero-order valence-corrected chi connectivity index (χ0v) is 12.8. The molecule has 6 heteroatoms. The lowest BCUT2D eigenvalue weighted by atomic mass is 10.0. The van der Waals surface area contributed by atoms with Gasteiger partial charge in [-0.05, 0) is 37.6 Å². The van der Waals surface area contributed by atoms with E-state index < -0.39 is 6.10 Å². The van der Waals surface area contributed by atoms with Gasteiger partial charge in [0.2, 0.25) is 0 Å². The number of carbonyl (C=O) groups excluding carboxylic acids is 1. The van der Waals surface area contributed by atoms with Gasteiger partial charge >= 0.3 is 0 Å². The van der Waals surface area contributed by atoms with E-state index in [4.69, 9.17) is 4.52 Å². The predicted molar refractivity (Wildman–Crippen MR) is 79.8 cm³/mol. The van der Waals surface area contributed by atoms with E-state index in [-0.39, 0.29) is 23.0 Å². The molecule has 0 unspecified atom stereocenters. The molecule has 22 heavy (non-hydrogen) atoms. The first-order valence-electron chi connectivity index (χ1n) is 7.14. The molecule has 0 bridgehead atoms. The smallest absolute Gasteiger partial charge is 0.259 e. The Morgan fingerprint density at radius 2 is 2.05 bits per heavy atom. The number of aromatic nitrogens is 1. The lowest BCUT2D eigenvalue weighted by Gasteiger charge is -2.16. The highest BCUT2D eigenvalue weighted by Crippen LogP contribution is 2.30. The molecule has 5 nitrogen and oxygen atoms in total. The van der Waals surface area contributed by atoms with Crippen LogP contribution in [0.1, 0.15) is 42.5 Å². The average molecular weight is 306 g/mol. The van der Waals surface area contributed by atoms with Gasteiger partial charge in [0.1, 0.15) is 23.2 Å². The fourth-order valence-corrected chi connectivity index (χ4v) is 2.23. The van der Waals surface area contributed by atoms with Crippen LogP contribution in [0.2, 0.25) is 0 Å². The summed E-state index contributed by atoms with van der Waals surface area (Å²) in [5.41, 5.74) is 1.09. The maximum atomic E-state index is 13.1. The molecule has 0 radical (unpaired) electrons. The summed E-state index contributed by atoms with van der Waals surface area (Å²) in [4.78, 5) is 14.2. The van der Waals surface area contributed by atoms with Gasteiger partial charge in [-0.1, -0.05) is 12.1 Å². The van der Waals surface area contributed by atoms with Crippen LogP contribution in [0.3, 0.4) is 0 Å². The molecule has 0 saturated heterocycles. The summed E-state index contributed by atoms with van der Waals surface area (Å²) in [6.45, 7) is 4.05. The Balaban J connectivity index is 2.51. The standard InChI is InChI=1S/C16H19FN2O3/c1-4-9-19(3)16(21)13-14(18-22-15(13)10(2)20)11-5-7-12(17)8-6-11/h5-8,10,20H,4,9H2,1-3H3/t10-/m0/s1. The summed E-state index contributed by atoms with van der Waals surface area (Å²) in [6, 6.07) is 5.62. The number of carbonyl (C=O) groups is 1. The van der Waals surface area contributed by atoms with Crippen molar-refractivity contribution in [3.63, 3.8) is 0 Å². The van der Waals surface area contributed by atoms with E-state index in [1.54, 1.807) is 11.9 Å². The van der Waals surface area contributed by atoms with Gasteiger partial charge in [-0.15, -0.1) is 0 Å². The molecule has 2 aromatic rings. The molecule has 1 N–H and O–H groups in total. The second kappa shape index (κ2) is 6.70. The highest BCUT2D eigenvalue weighted by molar-refractivity contribution is 6.00. The summed E-state index contributed by atoms with van der Waals surface area (Å²) in [7, 11) is 1.68. The van der Waals surface area contributed by atoms with E-state index in [1.165, 1.54) is 31.2 Å². The number of benzene rings is 1. The number of hydrogen-bond acceptors (Lipinski definition) is 4. The maximum absolute atomic E-state index is 13.1. The van der Waals surface area contributed by atoms with Gasteiger partial charge in [-0.3, -0.25) is 4.79 Å². The van der Waals surface area contributed by atoms with Crippen molar-refractivity contribution in [1.82, 2.24) is 10.1 Å². The fourth-order valence-electron chi connectivity index (χ4n) is 2.23. The van der Waals surface area contributed by atoms with Gasteiger partial charge in [0.25, 0.3) is 5.91 Å². The lowest BCUT2D eigenvalue weighted by Crippen LogP contribution is -2.28. The molecule has 0 aliphatic carbocycles. The van der Waals surface area contributed by atoms with Crippen molar-refractivity contribution in [2.45, 2.75) is 26.4 Å². The Bertz CT molecular complexity index is 650. The number of aliphatic hydroxyl groups is 1. The Kier molecular flexibility index (Phi) is 4.92. The molecule has 1 atom stereocenters. The van der Waals surface area contributed by atoms with E-state index in [9.17, 15) is 14.3 Å². The molecule has 0 aliphatic heterocycles. The second-order valence-corrected chi connectivity index (χ2v) is 5.18. The summed E-state index contributed by atoms with van der Waals surface area (Å²) in [5, 5.41) is 13.7. The van der Waals surface area contributed by atoms with Gasteiger partial charge < -0.3 is 14.5 Å². The molecule has 2 rings (SSSR count). The highest BCUT2D eigenvalue weighted by atomic mass is 19.1. The number of aliphatic hydroxyl groups excluding tert-OH is 1. The first-order valence-corrected chi connectivity index (χ1v) is 7.14. The summed E-state index contributed by atoms with van der Waals surface area (Å²) in [5.74, 6) is -0.537. The third-order valence-electron chi connectivity index (χ3n) is 3.34. The first kappa shape index (κ1) is 16.2. The Hall–Kier alpha value is -2.21. The second-order valence-electron chi connectivity index (χ2n) is 5.18.